The van der Waals surface area contributed by atoms with Crippen molar-refractivity contribution in [2.24, 2.45) is 0 Å². The number of piperidine rings is 2. The minimum absolute atomic E-state index is 0.699. The molecule has 2 fully saturated rings. The summed E-state index contributed by atoms with van der Waals surface area (Å²) in [6.07, 6.45) is 10.1. The van der Waals surface area contributed by atoms with Crippen LogP contribution < -0.4 is 9.47 Å². The van der Waals surface area contributed by atoms with Gasteiger partial charge in [-0.15, -0.1) is 0 Å². The van der Waals surface area contributed by atoms with Crippen LogP contribution in [0.15, 0.2) is 46.2 Å². The van der Waals surface area contributed by atoms with E-state index in [2.05, 4.69) is 21.9 Å². The van der Waals surface area contributed by atoms with Gasteiger partial charge < -0.3 is 19.3 Å². The molecule has 0 aromatic heterocycles. The summed E-state index contributed by atoms with van der Waals surface area (Å²) >= 11 is 0. The number of nitrogens with zero attached hydrogens (tertiary/aromatic N) is 2. The molecule has 6 heteroatoms. The largest absolute Gasteiger partial charge is 0.494 e. The number of benzene rings is 2. The van der Waals surface area contributed by atoms with Gasteiger partial charge in [0.25, 0.3) is 0 Å². The fourth-order valence-electron chi connectivity index (χ4n) is 5.38. The first-order chi connectivity index (χ1) is 16.8. The van der Waals surface area contributed by atoms with Crippen molar-refractivity contribution in [1.29, 1.82) is 0 Å². The van der Waals surface area contributed by atoms with Gasteiger partial charge in [-0.2, -0.15) is 0 Å². The molecule has 5 rings (SSSR count). The van der Waals surface area contributed by atoms with E-state index in [1.165, 1.54) is 64.7 Å². The van der Waals surface area contributed by atoms with Crippen LogP contribution in [0, 0.1) is 0 Å². The Balaban J connectivity index is 1.14. The predicted molar refractivity (Wildman–Crippen MR) is 137 cm³/mol. The Morgan fingerprint density at radius 1 is 0.647 bits per heavy atom. The van der Waals surface area contributed by atoms with Crippen LogP contribution in [-0.4, -0.2) is 66.5 Å². The summed E-state index contributed by atoms with van der Waals surface area (Å²) in [5.74, 6) is 1.67. The summed E-state index contributed by atoms with van der Waals surface area (Å²) in [5, 5.41) is 0. The van der Waals surface area contributed by atoms with Crippen LogP contribution in [0.2, 0.25) is 0 Å². The first kappa shape index (κ1) is 23.8. The van der Waals surface area contributed by atoms with Crippen LogP contribution in [0.4, 0.5) is 0 Å². The molecular weight excluding hydrogens is 444 g/mol. The highest BCUT2D eigenvalue weighted by Gasteiger charge is 2.26. The van der Waals surface area contributed by atoms with Gasteiger partial charge in [0.05, 0.1) is 33.8 Å². The lowest BCUT2D eigenvalue weighted by Crippen LogP contribution is -2.31. The standard InChI is InChI=1S/C28H38N2O3S/c31-34-27-12-10-23(32-19-7-17-29-13-3-1-4-14-29)21-26(27)25-11-9-24(22-28(25)34)33-20-8-18-30-15-5-2-6-16-30/h9-12,21-22H,1-8,13-20H2. The van der Waals surface area contributed by atoms with Crippen molar-refractivity contribution >= 4 is 10.8 Å². The minimum Gasteiger partial charge on any atom is -0.494 e. The van der Waals surface area contributed by atoms with E-state index < -0.39 is 10.8 Å². The van der Waals surface area contributed by atoms with Crippen molar-refractivity contribution in [3.63, 3.8) is 0 Å². The maximum absolute atomic E-state index is 13.1. The zero-order chi connectivity index (χ0) is 23.2. The number of ether oxygens (including phenoxy) is 2. The second-order valence-electron chi connectivity index (χ2n) is 9.79. The molecule has 2 saturated heterocycles. The van der Waals surface area contributed by atoms with Gasteiger partial charge in [0.2, 0.25) is 0 Å². The van der Waals surface area contributed by atoms with Crippen molar-refractivity contribution in [2.45, 2.75) is 61.2 Å². The quantitative estimate of drug-likeness (QED) is 0.365. The van der Waals surface area contributed by atoms with Crippen LogP contribution in [0.3, 0.4) is 0 Å². The van der Waals surface area contributed by atoms with Crippen molar-refractivity contribution in [1.82, 2.24) is 9.80 Å². The first-order valence-corrected chi connectivity index (χ1v) is 14.3. The van der Waals surface area contributed by atoms with Crippen LogP contribution in [-0.2, 0) is 10.8 Å². The molecule has 2 aromatic rings. The Morgan fingerprint density at radius 3 is 1.82 bits per heavy atom. The Labute approximate surface area is 206 Å². The average Bonchev–Trinajstić information content (AvgIpc) is 3.16. The van der Waals surface area contributed by atoms with E-state index in [-0.39, 0.29) is 0 Å². The molecule has 1 unspecified atom stereocenters. The maximum Gasteiger partial charge on any atom is 0.120 e. The zero-order valence-corrected chi connectivity index (χ0v) is 21.1. The molecule has 0 saturated carbocycles. The topological polar surface area (TPSA) is 42.0 Å². The molecule has 0 radical (unpaired) electrons. The summed E-state index contributed by atoms with van der Waals surface area (Å²) in [5.41, 5.74) is 2.06. The smallest absolute Gasteiger partial charge is 0.120 e. The lowest BCUT2D eigenvalue weighted by molar-refractivity contribution is 0.205. The summed E-state index contributed by atoms with van der Waals surface area (Å²) in [4.78, 5) is 6.81. The van der Waals surface area contributed by atoms with Gasteiger partial charge in [0.15, 0.2) is 0 Å². The molecular formula is C28H38N2O3S. The summed E-state index contributed by atoms with van der Waals surface area (Å²) in [6, 6.07) is 12.0. The highest BCUT2D eigenvalue weighted by Crippen LogP contribution is 2.43. The lowest BCUT2D eigenvalue weighted by atomic mass is 10.1. The van der Waals surface area contributed by atoms with Gasteiger partial charge in [-0.25, -0.2) is 4.21 Å². The first-order valence-electron chi connectivity index (χ1n) is 13.2. The second-order valence-corrected chi connectivity index (χ2v) is 11.2. The van der Waals surface area contributed by atoms with E-state index in [1.807, 2.05) is 24.3 Å². The van der Waals surface area contributed by atoms with Gasteiger partial charge in [0.1, 0.15) is 11.5 Å². The average molecular weight is 483 g/mol. The summed E-state index contributed by atoms with van der Waals surface area (Å²) in [7, 11) is -1.16. The van der Waals surface area contributed by atoms with Gasteiger partial charge in [-0.05, 0) is 107 Å². The number of hydrogen-bond donors (Lipinski definition) is 0. The fraction of sp³-hybridized carbons (Fsp3) is 0.571. The fourth-order valence-corrected chi connectivity index (χ4v) is 6.78. The molecule has 0 aliphatic carbocycles. The molecule has 3 aliphatic rings. The van der Waals surface area contributed by atoms with Gasteiger partial charge in [-0.3, -0.25) is 0 Å². The number of hydrogen-bond acceptors (Lipinski definition) is 5. The number of rotatable bonds is 10. The molecule has 0 bridgehead atoms. The molecule has 5 nitrogen and oxygen atoms in total. The molecule has 0 N–H and O–H groups in total. The second kappa shape index (κ2) is 11.7. The highest BCUT2D eigenvalue weighted by atomic mass is 32.2. The molecule has 1 atom stereocenters. The Hall–Kier alpha value is -1.89. The van der Waals surface area contributed by atoms with Crippen LogP contribution in [0.1, 0.15) is 51.4 Å². The van der Waals surface area contributed by atoms with Crippen molar-refractivity contribution < 1.29 is 13.7 Å². The van der Waals surface area contributed by atoms with Crippen molar-refractivity contribution in [3.8, 4) is 22.6 Å². The van der Waals surface area contributed by atoms with Crippen LogP contribution in [0.25, 0.3) is 11.1 Å². The maximum atomic E-state index is 13.1. The normalized spacial score (nSPS) is 20.6. The molecule has 2 aromatic carbocycles. The van der Waals surface area contributed by atoms with E-state index in [9.17, 15) is 4.21 Å². The molecule has 0 amide bonds. The SMILES string of the molecule is O=S1c2ccc(OCCCN3CCCCC3)cc2-c2ccc(OCCCN3CCCCC3)cc21. The molecule has 0 spiro atoms. The van der Waals surface area contributed by atoms with Gasteiger partial charge >= 0.3 is 0 Å². The highest BCUT2D eigenvalue weighted by molar-refractivity contribution is 7.85. The third-order valence-corrected chi connectivity index (χ3v) is 8.76. The van der Waals surface area contributed by atoms with Crippen molar-refractivity contribution in [3.05, 3.63) is 36.4 Å². The molecule has 34 heavy (non-hydrogen) atoms. The number of likely N-dealkylation sites (tertiary alicyclic amines) is 2. The minimum atomic E-state index is -1.16. The van der Waals surface area contributed by atoms with Crippen LogP contribution >= 0.6 is 0 Å². The van der Waals surface area contributed by atoms with E-state index in [4.69, 9.17) is 9.47 Å². The third kappa shape index (κ3) is 5.84. The van der Waals surface area contributed by atoms with Gasteiger partial charge in [-0.1, -0.05) is 12.8 Å². The van der Waals surface area contributed by atoms with Crippen molar-refractivity contribution in [2.75, 3.05) is 52.5 Å². The third-order valence-electron chi connectivity index (χ3n) is 7.27. The predicted octanol–water partition coefficient (Wildman–Crippen LogP) is 5.34. The number of fused-ring (bicyclic) bond motifs is 3. The monoisotopic (exact) mass is 482 g/mol. The van der Waals surface area contributed by atoms with E-state index in [0.717, 1.165) is 65.0 Å². The zero-order valence-electron chi connectivity index (χ0n) is 20.3. The Bertz CT molecular complexity index is 984. The van der Waals surface area contributed by atoms with E-state index in [1.54, 1.807) is 0 Å². The van der Waals surface area contributed by atoms with E-state index in [0.29, 0.717) is 6.61 Å². The van der Waals surface area contributed by atoms with Crippen LogP contribution in [0.5, 0.6) is 11.5 Å². The summed E-state index contributed by atoms with van der Waals surface area (Å²) < 4.78 is 25.2. The Kier molecular flexibility index (Phi) is 8.20. The molecule has 184 valence electrons. The Morgan fingerprint density at radius 2 is 1.21 bits per heavy atom. The molecule has 3 aliphatic heterocycles. The summed E-state index contributed by atoms with van der Waals surface area (Å²) in [6.45, 7) is 8.53. The van der Waals surface area contributed by atoms with E-state index >= 15 is 0 Å². The lowest BCUT2D eigenvalue weighted by Gasteiger charge is -2.26. The van der Waals surface area contributed by atoms with Gasteiger partial charge in [0, 0.05) is 18.7 Å². The molecule has 3 heterocycles.